The number of carbonyl (C=O) groups excluding carboxylic acids is 2. The van der Waals surface area contributed by atoms with Crippen LogP contribution in [0.1, 0.15) is 23.5 Å². The van der Waals surface area contributed by atoms with Crippen LogP contribution in [0.15, 0.2) is 54.6 Å². The first kappa shape index (κ1) is 13.1. The molecule has 0 radical (unpaired) electrons. The predicted octanol–water partition coefficient (Wildman–Crippen LogP) is 2.61. The Kier molecular flexibility index (Phi) is 3.25. The first-order valence-electron chi connectivity index (χ1n) is 6.62. The van der Waals surface area contributed by atoms with Crippen molar-refractivity contribution in [1.82, 2.24) is 0 Å². The van der Waals surface area contributed by atoms with Crippen LogP contribution in [0.4, 0.5) is 5.69 Å². The highest BCUT2D eigenvalue weighted by Gasteiger charge is 2.40. The maximum Gasteiger partial charge on any atom is 0.241 e. The van der Waals surface area contributed by atoms with Gasteiger partial charge in [-0.3, -0.25) is 14.5 Å². The average Bonchev–Trinajstić information content (AvgIpc) is 2.83. The summed E-state index contributed by atoms with van der Waals surface area (Å²) >= 11 is 0. The Balaban J connectivity index is 1.92. The molecule has 0 N–H and O–H groups in total. The Bertz CT molecular complexity index is 730. The lowest BCUT2D eigenvalue weighted by atomic mass is 9.98. The third kappa shape index (κ3) is 2.30. The van der Waals surface area contributed by atoms with Crippen LogP contribution in [0.5, 0.6) is 0 Å². The molecule has 3 rings (SSSR count). The molecule has 1 atom stereocenters. The molecule has 1 heterocycles. The quantitative estimate of drug-likeness (QED) is 0.792. The molecule has 1 fully saturated rings. The molecule has 0 aromatic heterocycles. The van der Waals surface area contributed by atoms with Gasteiger partial charge in [0.1, 0.15) is 0 Å². The van der Waals surface area contributed by atoms with Crippen LogP contribution in [-0.4, -0.2) is 11.8 Å². The van der Waals surface area contributed by atoms with E-state index in [1.54, 1.807) is 24.3 Å². The van der Waals surface area contributed by atoms with Crippen molar-refractivity contribution >= 4 is 17.5 Å². The second-order valence-electron chi connectivity index (χ2n) is 4.89. The monoisotopic (exact) mass is 276 g/mol. The molecule has 0 saturated carbocycles. The fourth-order valence-electron chi connectivity index (χ4n) is 2.53. The summed E-state index contributed by atoms with van der Waals surface area (Å²) in [5.74, 6) is -0.844. The minimum Gasteiger partial charge on any atom is -0.274 e. The number of benzene rings is 2. The molecule has 4 heteroatoms. The van der Waals surface area contributed by atoms with Crippen LogP contribution < -0.4 is 4.90 Å². The highest BCUT2D eigenvalue weighted by molar-refractivity contribution is 6.22. The molecule has 0 spiro atoms. The Morgan fingerprint density at radius 2 is 1.67 bits per heavy atom. The standard InChI is InChI=1S/C17H12N2O2/c18-11-12-6-8-14(9-7-12)19-16(20)10-15(17(19)21)13-4-2-1-3-5-13/h1-9,15H,10H2. The SMILES string of the molecule is N#Cc1ccc(N2C(=O)CC(c3ccccc3)C2=O)cc1. The summed E-state index contributed by atoms with van der Waals surface area (Å²) in [5, 5.41) is 8.79. The second-order valence-corrected chi connectivity index (χ2v) is 4.89. The maximum atomic E-state index is 12.5. The van der Waals surface area contributed by atoms with Gasteiger partial charge in [-0.25, -0.2) is 0 Å². The van der Waals surface area contributed by atoms with E-state index in [4.69, 9.17) is 5.26 Å². The van der Waals surface area contributed by atoms with Gasteiger partial charge in [-0.15, -0.1) is 0 Å². The van der Waals surface area contributed by atoms with E-state index in [1.165, 1.54) is 4.90 Å². The molecule has 2 amide bonds. The Hall–Kier alpha value is -2.93. The van der Waals surface area contributed by atoms with Gasteiger partial charge in [0.2, 0.25) is 11.8 Å². The van der Waals surface area contributed by atoms with Crippen LogP contribution in [0.25, 0.3) is 0 Å². The van der Waals surface area contributed by atoms with E-state index in [0.717, 1.165) is 5.56 Å². The number of hydrogen-bond donors (Lipinski definition) is 0. The fraction of sp³-hybridized carbons (Fsp3) is 0.118. The number of hydrogen-bond acceptors (Lipinski definition) is 3. The Morgan fingerprint density at radius 3 is 2.29 bits per heavy atom. The first-order valence-corrected chi connectivity index (χ1v) is 6.62. The fourth-order valence-corrected chi connectivity index (χ4v) is 2.53. The molecule has 102 valence electrons. The molecule has 2 aromatic carbocycles. The lowest BCUT2D eigenvalue weighted by Crippen LogP contribution is -2.29. The highest BCUT2D eigenvalue weighted by Crippen LogP contribution is 2.33. The Labute approximate surface area is 122 Å². The maximum absolute atomic E-state index is 12.5. The van der Waals surface area contributed by atoms with Gasteiger partial charge in [0.25, 0.3) is 0 Å². The van der Waals surface area contributed by atoms with Crippen molar-refractivity contribution in [2.75, 3.05) is 4.90 Å². The van der Waals surface area contributed by atoms with E-state index in [-0.39, 0.29) is 18.2 Å². The van der Waals surface area contributed by atoms with Crippen molar-refractivity contribution in [2.24, 2.45) is 0 Å². The van der Waals surface area contributed by atoms with Crippen molar-refractivity contribution < 1.29 is 9.59 Å². The van der Waals surface area contributed by atoms with E-state index >= 15 is 0 Å². The summed E-state index contributed by atoms with van der Waals surface area (Å²) < 4.78 is 0. The van der Waals surface area contributed by atoms with Gasteiger partial charge in [0.05, 0.1) is 23.2 Å². The smallest absolute Gasteiger partial charge is 0.241 e. The van der Waals surface area contributed by atoms with Gasteiger partial charge >= 0.3 is 0 Å². The van der Waals surface area contributed by atoms with E-state index in [9.17, 15) is 9.59 Å². The molecule has 4 nitrogen and oxygen atoms in total. The van der Waals surface area contributed by atoms with Crippen LogP contribution in [0.3, 0.4) is 0 Å². The van der Waals surface area contributed by atoms with Gasteiger partial charge in [-0.1, -0.05) is 30.3 Å². The number of nitrogens with zero attached hydrogens (tertiary/aromatic N) is 2. The van der Waals surface area contributed by atoms with Crippen molar-refractivity contribution in [1.29, 1.82) is 5.26 Å². The number of carbonyl (C=O) groups is 2. The van der Waals surface area contributed by atoms with E-state index in [2.05, 4.69) is 0 Å². The second kappa shape index (κ2) is 5.22. The lowest BCUT2D eigenvalue weighted by molar-refractivity contribution is -0.121. The lowest BCUT2D eigenvalue weighted by Gasteiger charge is -2.15. The zero-order valence-electron chi connectivity index (χ0n) is 11.2. The Morgan fingerprint density at radius 1 is 1.00 bits per heavy atom. The van der Waals surface area contributed by atoms with Crippen LogP contribution in [0, 0.1) is 11.3 Å². The van der Waals surface area contributed by atoms with Crippen LogP contribution in [0.2, 0.25) is 0 Å². The van der Waals surface area contributed by atoms with E-state index < -0.39 is 5.92 Å². The topological polar surface area (TPSA) is 61.2 Å². The van der Waals surface area contributed by atoms with Crippen molar-refractivity contribution in [3.05, 3.63) is 65.7 Å². The molecule has 2 aromatic rings. The highest BCUT2D eigenvalue weighted by atomic mass is 16.2. The molecular weight excluding hydrogens is 264 g/mol. The normalized spacial score (nSPS) is 17.9. The minimum absolute atomic E-state index is 0.183. The zero-order valence-corrected chi connectivity index (χ0v) is 11.2. The molecule has 1 unspecified atom stereocenters. The van der Waals surface area contributed by atoms with Gasteiger partial charge in [0.15, 0.2) is 0 Å². The van der Waals surface area contributed by atoms with Gasteiger partial charge in [0, 0.05) is 6.42 Å². The molecule has 1 saturated heterocycles. The number of anilines is 1. The summed E-state index contributed by atoms with van der Waals surface area (Å²) in [7, 11) is 0. The summed E-state index contributed by atoms with van der Waals surface area (Å²) in [6.07, 6.45) is 0.183. The number of rotatable bonds is 2. The van der Waals surface area contributed by atoms with E-state index in [0.29, 0.717) is 11.3 Å². The zero-order chi connectivity index (χ0) is 14.8. The predicted molar refractivity (Wildman–Crippen MR) is 77.5 cm³/mol. The summed E-state index contributed by atoms with van der Waals surface area (Å²) in [6.45, 7) is 0. The largest absolute Gasteiger partial charge is 0.274 e. The van der Waals surface area contributed by atoms with Gasteiger partial charge in [-0.05, 0) is 29.8 Å². The first-order chi connectivity index (χ1) is 10.2. The number of nitriles is 1. The van der Waals surface area contributed by atoms with Crippen molar-refractivity contribution in [2.45, 2.75) is 12.3 Å². The number of imide groups is 1. The third-order valence-corrected chi connectivity index (χ3v) is 3.60. The third-order valence-electron chi connectivity index (χ3n) is 3.60. The van der Waals surface area contributed by atoms with Crippen molar-refractivity contribution in [3.8, 4) is 6.07 Å². The van der Waals surface area contributed by atoms with Crippen LogP contribution in [-0.2, 0) is 9.59 Å². The average molecular weight is 276 g/mol. The molecule has 0 aliphatic carbocycles. The molecule has 1 aliphatic rings. The number of amides is 2. The van der Waals surface area contributed by atoms with E-state index in [1.807, 2.05) is 36.4 Å². The molecule has 0 bridgehead atoms. The molecule has 21 heavy (non-hydrogen) atoms. The van der Waals surface area contributed by atoms with Crippen molar-refractivity contribution in [3.63, 3.8) is 0 Å². The summed E-state index contributed by atoms with van der Waals surface area (Å²) in [5.41, 5.74) is 1.87. The van der Waals surface area contributed by atoms with Gasteiger partial charge in [-0.2, -0.15) is 5.26 Å². The molecule has 1 aliphatic heterocycles. The van der Waals surface area contributed by atoms with Gasteiger partial charge < -0.3 is 0 Å². The molecular formula is C17H12N2O2. The van der Waals surface area contributed by atoms with Crippen LogP contribution >= 0.6 is 0 Å². The summed E-state index contributed by atoms with van der Waals surface area (Å²) in [6, 6.07) is 17.8. The summed E-state index contributed by atoms with van der Waals surface area (Å²) in [4.78, 5) is 25.9. The minimum atomic E-state index is -0.422.